The van der Waals surface area contributed by atoms with Gasteiger partial charge in [0, 0.05) is 24.7 Å². The Labute approximate surface area is 112 Å². The van der Waals surface area contributed by atoms with Crippen LogP contribution in [0.25, 0.3) is 11.0 Å². The number of amides is 1. The summed E-state index contributed by atoms with van der Waals surface area (Å²) in [4.78, 5) is 14.2. The molecule has 0 spiro atoms. The quantitative estimate of drug-likeness (QED) is 0.830. The normalized spacial score (nSPS) is 15.6. The van der Waals surface area contributed by atoms with Crippen molar-refractivity contribution < 1.29 is 4.79 Å². The summed E-state index contributed by atoms with van der Waals surface area (Å²) in [7, 11) is 0. The van der Waals surface area contributed by atoms with Crippen LogP contribution in [0.2, 0.25) is 0 Å². The van der Waals surface area contributed by atoms with E-state index in [1.54, 1.807) is 0 Å². The van der Waals surface area contributed by atoms with Crippen LogP contribution < -0.4 is 0 Å². The highest BCUT2D eigenvalue weighted by Crippen LogP contribution is 2.19. The molecular formula is C14H18N4O. The zero-order valence-corrected chi connectivity index (χ0v) is 11.3. The minimum Gasteiger partial charge on any atom is -0.339 e. The Morgan fingerprint density at radius 1 is 1.26 bits per heavy atom. The molecule has 0 unspecified atom stereocenters. The molecule has 0 saturated carbocycles. The summed E-state index contributed by atoms with van der Waals surface area (Å²) in [5.41, 5.74) is 2.48. The van der Waals surface area contributed by atoms with Crippen molar-refractivity contribution in [1.29, 1.82) is 0 Å². The molecule has 3 rings (SSSR count). The molecule has 0 radical (unpaired) electrons. The van der Waals surface area contributed by atoms with Crippen LogP contribution in [-0.4, -0.2) is 38.9 Å². The van der Waals surface area contributed by atoms with E-state index in [0.717, 1.165) is 37.0 Å². The molecule has 5 heteroatoms. The highest BCUT2D eigenvalue weighted by Gasteiger charge is 2.20. The van der Waals surface area contributed by atoms with Gasteiger partial charge >= 0.3 is 0 Å². The lowest BCUT2D eigenvalue weighted by atomic mass is 10.1. The predicted octanol–water partition coefficient (Wildman–Crippen LogP) is 2.25. The Hall–Kier alpha value is -1.91. The van der Waals surface area contributed by atoms with E-state index in [1.165, 1.54) is 0 Å². The summed E-state index contributed by atoms with van der Waals surface area (Å²) < 4.78 is 1.87. The van der Waals surface area contributed by atoms with Crippen molar-refractivity contribution >= 4 is 16.9 Å². The van der Waals surface area contributed by atoms with Crippen molar-refractivity contribution in [2.75, 3.05) is 13.1 Å². The van der Waals surface area contributed by atoms with Crippen molar-refractivity contribution in [3.63, 3.8) is 0 Å². The van der Waals surface area contributed by atoms with Crippen molar-refractivity contribution in [2.24, 2.45) is 0 Å². The van der Waals surface area contributed by atoms with E-state index in [9.17, 15) is 4.79 Å². The first-order valence-electron chi connectivity index (χ1n) is 6.81. The summed E-state index contributed by atoms with van der Waals surface area (Å²) in [6, 6.07) is 5.94. The Morgan fingerprint density at radius 2 is 2.00 bits per heavy atom. The van der Waals surface area contributed by atoms with Crippen LogP contribution in [0.15, 0.2) is 18.2 Å². The third-order valence-electron chi connectivity index (χ3n) is 3.60. The third kappa shape index (κ3) is 2.09. The van der Waals surface area contributed by atoms with Crippen LogP contribution in [0.5, 0.6) is 0 Å². The molecule has 19 heavy (non-hydrogen) atoms. The van der Waals surface area contributed by atoms with Gasteiger partial charge in [0.2, 0.25) is 0 Å². The van der Waals surface area contributed by atoms with Gasteiger partial charge in [-0.1, -0.05) is 5.21 Å². The number of rotatable bonds is 2. The lowest BCUT2D eigenvalue weighted by Crippen LogP contribution is -2.27. The van der Waals surface area contributed by atoms with Gasteiger partial charge in [-0.3, -0.25) is 4.79 Å². The monoisotopic (exact) mass is 258 g/mol. The molecule has 100 valence electrons. The first kappa shape index (κ1) is 12.1. The number of benzene rings is 1. The van der Waals surface area contributed by atoms with Gasteiger partial charge < -0.3 is 4.90 Å². The molecule has 2 aromatic rings. The molecule has 1 fully saturated rings. The summed E-state index contributed by atoms with van der Waals surface area (Å²) in [6.07, 6.45) is 2.22. The van der Waals surface area contributed by atoms with Crippen molar-refractivity contribution in [1.82, 2.24) is 19.9 Å². The van der Waals surface area contributed by atoms with Crippen LogP contribution >= 0.6 is 0 Å². The van der Waals surface area contributed by atoms with Crippen molar-refractivity contribution in [3.05, 3.63) is 23.8 Å². The Kier molecular flexibility index (Phi) is 2.97. The number of hydrogen-bond acceptors (Lipinski definition) is 3. The molecular weight excluding hydrogens is 240 g/mol. The first-order chi connectivity index (χ1) is 9.16. The standard InChI is InChI=1S/C14H18N4O/c1-10(2)18-13-6-5-11(9-12(13)15-16-18)14(19)17-7-3-4-8-17/h5-6,9-10H,3-4,7-8H2,1-2H3. The summed E-state index contributed by atoms with van der Waals surface area (Å²) >= 11 is 0. The van der Waals surface area contributed by atoms with Crippen molar-refractivity contribution in [2.45, 2.75) is 32.7 Å². The second kappa shape index (κ2) is 4.64. The van der Waals surface area contributed by atoms with E-state index in [1.807, 2.05) is 27.8 Å². The molecule has 1 aliphatic heterocycles. The highest BCUT2D eigenvalue weighted by atomic mass is 16.2. The number of carbonyl (C=O) groups excluding carboxylic acids is 1. The maximum absolute atomic E-state index is 12.3. The van der Waals surface area contributed by atoms with Gasteiger partial charge in [0.05, 0.1) is 5.52 Å². The maximum atomic E-state index is 12.3. The molecule has 0 aliphatic carbocycles. The molecule has 5 nitrogen and oxygen atoms in total. The van der Waals surface area contributed by atoms with E-state index in [0.29, 0.717) is 5.56 Å². The van der Waals surface area contributed by atoms with Gasteiger partial charge in [-0.25, -0.2) is 4.68 Å². The average molecular weight is 258 g/mol. The summed E-state index contributed by atoms with van der Waals surface area (Å²) in [5, 5.41) is 8.29. The molecule has 2 heterocycles. The van der Waals surface area contributed by atoms with Gasteiger partial charge in [0.1, 0.15) is 5.52 Å². The number of nitrogens with zero attached hydrogens (tertiary/aromatic N) is 4. The summed E-state index contributed by atoms with van der Waals surface area (Å²) in [6.45, 7) is 5.87. The number of fused-ring (bicyclic) bond motifs is 1. The van der Waals surface area contributed by atoms with E-state index in [4.69, 9.17) is 0 Å². The molecule has 1 amide bonds. The van der Waals surface area contributed by atoms with Gasteiger partial charge in [-0.05, 0) is 44.9 Å². The smallest absolute Gasteiger partial charge is 0.253 e. The topological polar surface area (TPSA) is 51.0 Å². The molecule has 1 saturated heterocycles. The second-order valence-corrected chi connectivity index (χ2v) is 5.33. The number of aromatic nitrogens is 3. The van der Waals surface area contributed by atoms with E-state index >= 15 is 0 Å². The van der Waals surface area contributed by atoms with Gasteiger partial charge in [0.25, 0.3) is 5.91 Å². The van der Waals surface area contributed by atoms with Gasteiger partial charge in [-0.15, -0.1) is 5.10 Å². The Bertz CT molecular complexity index is 611. The van der Waals surface area contributed by atoms with Crippen LogP contribution in [0, 0.1) is 0 Å². The van der Waals surface area contributed by atoms with E-state index < -0.39 is 0 Å². The largest absolute Gasteiger partial charge is 0.339 e. The minimum atomic E-state index is 0.110. The van der Waals surface area contributed by atoms with Gasteiger partial charge in [-0.2, -0.15) is 0 Å². The maximum Gasteiger partial charge on any atom is 0.253 e. The fraction of sp³-hybridized carbons (Fsp3) is 0.500. The van der Waals surface area contributed by atoms with E-state index in [2.05, 4.69) is 24.2 Å². The molecule has 0 atom stereocenters. The number of likely N-dealkylation sites (tertiary alicyclic amines) is 1. The summed E-state index contributed by atoms with van der Waals surface area (Å²) in [5.74, 6) is 0.110. The van der Waals surface area contributed by atoms with Crippen LogP contribution in [-0.2, 0) is 0 Å². The third-order valence-corrected chi connectivity index (χ3v) is 3.60. The van der Waals surface area contributed by atoms with Crippen LogP contribution in [0.1, 0.15) is 43.1 Å². The molecule has 0 N–H and O–H groups in total. The predicted molar refractivity (Wildman–Crippen MR) is 73.1 cm³/mol. The Morgan fingerprint density at radius 3 is 2.68 bits per heavy atom. The fourth-order valence-corrected chi connectivity index (χ4v) is 2.56. The minimum absolute atomic E-state index is 0.110. The fourth-order valence-electron chi connectivity index (χ4n) is 2.56. The van der Waals surface area contributed by atoms with Crippen LogP contribution in [0.4, 0.5) is 0 Å². The number of carbonyl (C=O) groups is 1. The zero-order valence-electron chi connectivity index (χ0n) is 11.3. The van der Waals surface area contributed by atoms with Gasteiger partial charge in [0.15, 0.2) is 0 Å². The second-order valence-electron chi connectivity index (χ2n) is 5.33. The lowest BCUT2D eigenvalue weighted by Gasteiger charge is -2.15. The van der Waals surface area contributed by atoms with Crippen LogP contribution in [0.3, 0.4) is 0 Å². The highest BCUT2D eigenvalue weighted by molar-refractivity contribution is 5.97. The zero-order chi connectivity index (χ0) is 13.4. The molecule has 1 aromatic carbocycles. The first-order valence-corrected chi connectivity index (χ1v) is 6.81. The molecule has 0 bridgehead atoms. The Balaban J connectivity index is 1.95. The molecule has 1 aliphatic rings. The lowest BCUT2D eigenvalue weighted by molar-refractivity contribution is 0.0793. The average Bonchev–Trinajstić information content (AvgIpc) is 3.06. The van der Waals surface area contributed by atoms with E-state index in [-0.39, 0.29) is 11.9 Å². The number of hydrogen-bond donors (Lipinski definition) is 0. The SMILES string of the molecule is CC(C)n1nnc2cc(C(=O)N3CCCC3)ccc21. The molecule has 1 aromatic heterocycles. The van der Waals surface area contributed by atoms with Crippen molar-refractivity contribution in [3.8, 4) is 0 Å².